The van der Waals surface area contributed by atoms with E-state index >= 15 is 0 Å². The first kappa shape index (κ1) is 20.5. The summed E-state index contributed by atoms with van der Waals surface area (Å²) in [5, 5.41) is 10.9. The molecule has 0 amide bonds. The summed E-state index contributed by atoms with van der Waals surface area (Å²) >= 11 is 0. The second-order valence-corrected chi connectivity index (χ2v) is 8.12. The second kappa shape index (κ2) is 8.91. The minimum atomic E-state index is -0.767. The van der Waals surface area contributed by atoms with E-state index in [-0.39, 0.29) is 0 Å². The first-order valence-corrected chi connectivity index (χ1v) is 10.6. The Kier molecular flexibility index (Phi) is 6.29. The van der Waals surface area contributed by atoms with E-state index in [1.54, 1.807) is 19.8 Å². The Hall–Kier alpha value is -1.81. The quantitative estimate of drug-likeness (QED) is 0.729. The molecule has 0 saturated carbocycles. The molecule has 1 atom stereocenters. The van der Waals surface area contributed by atoms with Crippen molar-refractivity contribution in [3.63, 3.8) is 0 Å². The van der Waals surface area contributed by atoms with Gasteiger partial charge in [0, 0.05) is 65.4 Å². The topological polar surface area (TPSA) is 88.8 Å². The van der Waals surface area contributed by atoms with Gasteiger partial charge in [-0.25, -0.2) is 15.0 Å². The highest BCUT2D eigenvalue weighted by Gasteiger charge is 2.32. The molecule has 2 saturated heterocycles. The Labute approximate surface area is 171 Å². The van der Waals surface area contributed by atoms with E-state index in [1.165, 1.54) is 0 Å². The molecule has 9 heteroatoms. The molecule has 160 valence electrons. The van der Waals surface area contributed by atoms with Crippen molar-refractivity contribution >= 4 is 17.0 Å². The third kappa shape index (κ3) is 4.37. The van der Waals surface area contributed by atoms with Crippen LogP contribution in [-0.2, 0) is 16.0 Å². The molecule has 2 aliphatic rings. The van der Waals surface area contributed by atoms with E-state index in [2.05, 4.69) is 31.7 Å². The van der Waals surface area contributed by atoms with E-state index in [0.717, 1.165) is 56.2 Å². The number of aromatic nitrogens is 4. The summed E-state index contributed by atoms with van der Waals surface area (Å²) in [4.78, 5) is 18.5. The van der Waals surface area contributed by atoms with Crippen LogP contribution in [0.1, 0.15) is 26.2 Å². The average molecular weight is 405 g/mol. The SMILES string of the molecule is CCC1CN(c2ncnc3c2ncn3CC2(O)CCOCC2)CCN1CCOC. The molecule has 2 aromatic heterocycles. The van der Waals surface area contributed by atoms with Crippen molar-refractivity contribution in [1.82, 2.24) is 24.4 Å². The van der Waals surface area contributed by atoms with Crippen LogP contribution in [0.3, 0.4) is 0 Å². The molecule has 0 radical (unpaired) electrons. The Morgan fingerprint density at radius 3 is 2.83 bits per heavy atom. The van der Waals surface area contributed by atoms with Crippen LogP contribution < -0.4 is 4.90 Å². The van der Waals surface area contributed by atoms with Gasteiger partial charge in [0.15, 0.2) is 17.0 Å². The molecule has 1 N–H and O–H groups in total. The van der Waals surface area contributed by atoms with Crippen molar-refractivity contribution in [2.75, 3.05) is 58.0 Å². The molecule has 0 bridgehead atoms. The van der Waals surface area contributed by atoms with E-state index < -0.39 is 5.60 Å². The average Bonchev–Trinajstić information content (AvgIpc) is 3.15. The second-order valence-electron chi connectivity index (χ2n) is 8.12. The number of fused-ring (bicyclic) bond motifs is 1. The number of nitrogens with zero attached hydrogens (tertiary/aromatic N) is 6. The fourth-order valence-electron chi connectivity index (χ4n) is 4.42. The summed E-state index contributed by atoms with van der Waals surface area (Å²) in [7, 11) is 1.75. The van der Waals surface area contributed by atoms with Gasteiger partial charge in [-0.2, -0.15) is 0 Å². The maximum atomic E-state index is 10.9. The van der Waals surface area contributed by atoms with Crippen molar-refractivity contribution in [3.05, 3.63) is 12.7 Å². The lowest BCUT2D eigenvalue weighted by Crippen LogP contribution is -2.54. The predicted molar refractivity (Wildman–Crippen MR) is 110 cm³/mol. The van der Waals surface area contributed by atoms with Crippen LogP contribution in [0.2, 0.25) is 0 Å². The molecule has 4 rings (SSSR count). The van der Waals surface area contributed by atoms with Gasteiger partial charge in [-0.3, -0.25) is 4.90 Å². The molecule has 2 aliphatic heterocycles. The highest BCUT2D eigenvalue weighted by atomic mass is 16.5. The molecule has 0 aromatic carbocycles. The standard InChI is InChI=1S/C20H32N6O3/c1-3-16-12-25(7-6-24(16)8-11-28-2)18-17-19(22-14-21-18)26(15-23-17)13-20(27)4-9-29-10-5-20/h14-16,27H,3-13H2,1-2H3. The van der Waals surface area contributed by atoms with E-state index in [4.69, 9.17) is 9.47 Å². The van der Waals surface area contributed by atoms with Gasteiger partial charge in [-0.1, -0.05) is 6.92 Å². The number of imidazole rings is 1. The van der Waals surface area contributed by atoms with Crippen LogP contribution in [-0.4, -0.2) is 94.3 Å². The lowest BCUT2D eigenvalue weighted by Gasteiger charge is -2.41. The molecule has 0 aliphatic carbocycles. The van der Waals surface area contributed by atoms with E-state index in [0.29, 0.717) is 38.6 Å². The van der Waals surface area contributed by atoms with Crippen LogP contribution in [0.25, 0.3) is 11.2 Å². The lowest BCUT2D eigenvalue weighted by molar-refractivity contribution is -0.0723. The largest absolute Gasteiger partial charge is 0.388 e. The van der Waals surface area contributed by atoms with Crippen LogP contribution in [0.5, 0.6) is 0 Å². The zero-order valence-electron chi connectivity index (χ0n) is 17.5. The van der Waals surface area contributed by atoms with Crippen molar-refractivity contribution in [2.24, 2.45) is 0 Å². The third-order valence-electron chi connectivity index (χ3n) is 6.23. The maximum Gasteiger partial charge on any atom is 0.165 e. The monoisotopic (exact) mass is 404 g/mol. The number of rotatable bonds is 7. The minimum Gasteiger partial charge on any atom is -0.388 e. The van der Waals surface area contributed by atoms with E-state index in [1.807, 2.05) is 4.57 Å². The van der Waals surface area contributed by atoms with Crippen LogP contribution >= 0.6 is 0 Å². The summed E-state index contributed by atoms with van der Waals surface area (Å²) in [5.74, 6) is 0.887. The summed E-state index contributed by atoms with van der Waals surface area (Å²) in [6, 6.07) is 0.467. The zero-order valence-corrected chi connectivity index (χ0v) is 17.5. The van der Waals surface area contributed by atoms with Gasteiger partial charge in [-0.15, -0.1) is 0 Å². The Morgan fingerprint density at radius 1 is 1.24 bits per heavy atom. The molecule has 2 fully saturated rings. The Bertz CT molecular complexity index is 807. The highest BCUT2D eigenvalue weighted by molar-refractivity contribution is 5.83. The van der Waals surface area contributed by atoms with Crippen molar-refractivity contribution < 1.29 is 14.6 Å². The minimum absolute atomic E-state index is 0.467. The van der Waals surface area contributed by atoms with Crippen LogP contribution in [0.4, 0.5) is 5.82 Å². The van der Waals surface area contributed by atoms with Gasteiger partial charge in [0.05, 0.1) is 25.1 Å². The van der Waals surface area contributed by atoms with Gasteiger partial charge in [-0.05, 0) is 6.42 Å². The normalized spacial score (nSPS) is 23.0. The molecule has 29 heavy (non-hydrogen) atoms. The Balaban J connectivity index is 1.53. The summed E-state index contributed by atoms with van der Waals surface area (Å²) in [6.07, 6.45) is 5.74. The number of hydrogen-bond acceptors (Lipinski definition) is 8. The number of aliphatic hydroxyl groups is 1. The van der Waals surface area contributed by atoms with Gasteiger partial charge < -0.3 is 24.0 Å². The first-order chi connectivity index (χ1) is 14.1. The Morgan fingerprint density at radius 2 is 2.07 bits per heavy atom. The van der Waals surface area contributed by atoms with Crippen LogP contribution in [0.15, 0.2) is 12.7 Å². The van der Waals surface area contributed by atoms with Gasteiger partial charge >= 0.3 is 0 Å². The number of ether oxygens (including phenoxy) is 2. The molecule has 1 unspecified atom stereocenters. The smallest absolute Gasteiger partial charge is 0.165 e. The molecule has 4 heterocycles. The zero-order chi connectivity index (χ0) is 20.3. The highest BCUT2D eigenvalue weighted by Crippen LogP contribution is 2.28. The number of hydrogen-bond donors (Lipinski definition) is 1. The van der Waals surface area contributed by atoms with Crippen molar-refractivity contribution in [1.29, 1.82) is 0 Å². The molecule has 2 aromatic rings. The van der Waals surface area contributed by atoms with Crippen LogP contribution in [0, 0.1) is 0 Å². The van der Waals surface area contributed by atoms with Gasteiger partial charge in [0.25, 0.3) is 0 Å². The molecule has 9 nitrogen and oxygen atoms in total. The number of piperazine rings is 1. The van der Waals surface area contributed by atoms with E-state index in [9.17, 15) is 5.11 Å². The first-order valence-electron chi connectivity index (χ1n) is 10.6. The third-order valence-corrected chi connectivity index (χ3v) is 6.23. The fraction of sp³-hybridized carbons (Fsp3) is 0.750. The van der Waals surface area contributed by atoms with Gasteiger partial charge in [0.2, 0.25) is 0 Å². The molecular weight excluding hydrogens is 372 g/mol. The summed E-state index contributed by atoms with van der Waals surface area (Å²) in [6.45, 7) is 8.41. The molecule has 0 spiro atoms. The summed E-state index contributed by atoms with van der Waals surface area (Å²) in [5.41, 5.74) is 0.824. The number of anilines is 1. The molecular formula is C20H32N6O3. The number of methoxy groups -OCH3 is 1. The maximum absolute atomic E-state index is 10.9. The predicted octanol–water partition coefficient (Wildman–Crippen LogP) is 0.915. The van der Waals surface area contributed by atoms with Gasteiger partial charge in [0.1, 0.15) is 6.33 Å². The summed E-state index contributed by atoms with van der Waals surface area (Å²) < 4.78 is 12.6. The lowest BCUT2D eigenvalue weighted by atomic mass is 9.94. The van der Waals surface area contributed by atoms with Crippen molar-refractivity contribution in [3.8, 4) is 0 Å². The fourth-order valence-corrected chi connectivity index (χ4v) is 4.42. The van der Waals surface area contributed by atoms with Crippen molar-refractivity contribution in [2.45, 2.75) is 44.4 Å².